The lowest BCUT2D eigenvalue weighted by Gasteiger charge is -2.15. The van der Waals surface area contributed by atoms with Crippen molar-refractivity contribution in [3.05, 3.63) is 29.8 Å². The molecule has 1 rings (SSSR count). The molecule has 0 heterocycles. The highest BCUT2D eigenvalue weighted by molar-refractivity contribution is 5.76. The molecule has 0 bridgehead atoms. The Morgan fingerprint density at radius 3 is 2.35 bits per heavy atom. The number of methoxy groups -OCH3 is 1. The topological polar surface area (TPSA) is 41.6 Å². The number of nitrogens with one attached hydrogen (secondary N) is 1. The Kier molecular flexibility index (Phi) is 4.97. The quantitative estimate of drug-likeness (QED) is 0.776. The monoisotopic (exact) mass is 236 g/mol. The van der Waals surface area contributed by atoms with E-state index >= 15 is 0 Å². The number of hydrogen-bond donors (Lipinski definition) is 1. The van der Waals surface area contributed by atoms with Crippen molar-refractivity contribution in [2.75, 3.05) is 33.2 Å². The number of hydrogen-bond acceptors (Lipinski definition) is 4. The molecule has 0 saturated carbocycles. The summed E-state index contributed by atoms with van der Waals surface area (Å²) < 4.78 is 4.73. The fourth-order valence-electron chi connectivity index (χ4n) is 1.61. The lowest BCUT2D eigenvalue weighted by atomic mass is 10.1. The van der Waals surface area contributed by atoms with Gasteiger partial charge in [-0.1, -0.05) is 12.1 Å². The largest absolute Gasteiger partial charge is 0.468 e. The van der Waals surface area contributed by atoms with Gasteiger partial charge in [-0.15, -0.1) is 0 Å². The van der Waals surface area contributed by atoms with E-state index < -0.39 is 0 Å². The molecule has 1 unspecified atom stereocenters. The number of nitrogens with zero attached hydrogens (tertiary/aromatic N) is 1. The van der Waals surface area contributed by atoms with E-state index in [2.05, 4.69) is 5.32 Å². The summed E-state index contributed by atoms with van der Waals surface area (Å²) in [5.74, 6) is -0.232. The number of benzene rings is 1. The molecule has 4 nitrogen and oxygen atoms in total. The Hall–Kier alpha value is -1.55. The number of carbonyl (C=O) groups is 1. The summed E-state index contributed by atoms with van der Waals surface area (Å²) in [6, 6.07) is 7.86. The van der Waals surface area contributed by atoms with E-state index in [1.807, 2.05) is 43.3 Å². The van der Waals surface area contributed by atoms with Gasteiger partial charge in [0, 0.05) is 19.8 Å². The number of rotatable bonds is 5. The molecule has 1 N–H and O–H groups in total. The van der Waals surface area contributed by atoms with E-state index in [0.717, 1.165) is 11.3 Å². The van der Waals surface area contributed by atoms with Gasteiger partial charge in [0.05, 0.1) is 7.11 Å². The average molecular weight is 236 g/mol. The molecule has 0 aliphatic rings. The number of esters is 1. The molecular formula is C13H20N2O2. The Morgan fingerprint density at radius 2 is 1.94 bits per heavy atom. The van der Waals surface area contributed by atoms with E-state index in [9.17, 15) is 4.79 Å². The molecule has 0 amide bonds. The second-order valence-electron chi connectivity index (χ2n) is 4.13. The van der Waals surface area contributed by atoms with Crippen molar-refractivity contribution in [1.29, 1.82) is 0 Å². The third-order valence-electron chi connectivity index (χ3n) is 2.73. The Bertz CT molecular complexity index is 360. The lowest BCUT2D eigenvalue weighted by Crippen LogP contribution is -2.36. The second-order valence-corrected chi connectivity index (χ2v) is 4.13. The summed E-state index contributed by atoms with van der Waals surface area (Å²) in [5, 5.41) is 2.95. The molecule has 0 aliphatic carbocycles. The first-order valence-corrected chi connectivity index (χ1v) is 5.60. The van der Waals surface area contributed by atoms with Crippen LogP contribution in [-0.4, -0.2) is 40.3 Å². The van der Waals surface area contributed by atoms with Crippen LogP contribution in [-0.2, 0) is 16.0 Å². The predicted molar refractivity (Wildman–Crippen MR) is 69.3 cm³/mol. The van der Waals surface area contributed by atoms with Gasteiger partial charge in [-0.2, -0.15) is 0 Å². The van der Waals surface area contributed by atoms with Gasteiger partial charge in [0.15, 0.2) is 0 Å². The first-order chi connectivity index (χ1) is 8.08. The predicted octanol–water partition coefficient (Wildman–Crippen LogP) is 1.06. The molecule has 94 valence electrons. The lowest BCUT2D eigenvalue weighted by molar-refractivity contribution is -0.142. The minimum atomic E-state index is -0.287. The van der Waals surface area contributed by atoms with Crippen molar-refractivity contribution in [3.8, 4) is 0 Å². The molecule has 0 spiro atoms. The van der Waals surface area contributed by atoms with Crippen LogP contribution in [0.3, 0.4) is 0 Å². The van der Waals surface area contributed by atoms with Crippen LogP contribution in [0.4, 0.5) is 5.69 Å². The highest BCUT2D eigenvalue weighted by atomic mass is 16.5. The molecule has 4 heteroatoms. The maximum Gasteiger partial charge on any atom is 0.323 e. The fraction of sp³-hybridized carbons (Fsp3) is 0.462. The van der Waals surface area contributed by atoms with Crippen molar-refractivity contribution >= 4 is 11.7 Å². The van der Waals surface area contributed by atoms with Gasteiger partial charge in [-0.05, 0) is 31.2 Å². The first-order valence-electron chi connectivity index (χ1n) is 5.60. The molecule has 0 fully saturated rings. The minimum absolute atomic E-state index is 0.232. The van der Waals surface area contributed by atoms with Gasteiger partial charge in [0.1, 0.15) is 6.04 Å². The van der Waals surface area contributed by atoms with E-state index in [1.165, 1.54) is 7.11 Å². The van der Waals surface area contributed by atoms with Crippen LogP contribution in [0.15, 0.2) is 24.3 Å². The number of carbonyl (C=O) groups excluding carboxylic acids is 1. The molecule has 17 heavy (non-hydrogen) atoms. The molecule has 1 aromatic rings. The van der Waals surface area contributed by atoms with Crippen LogP contribution in [0.2, 0.25) is 0 Å². The summed E-state index contributed by atoms with van der Waals surface area (Å²) in [7, 11) is 7.16. The van der Waals surface area contributed by atoms with Crippen LogP contribution < -0.4 is 10.2 Å². The van der Waals surface area contributed by atoms with Gasteiger partial charge >= 0.3 is 5.97 Å². The van der Waals surface area contributed by atoms with Crippen LogP contribution in [0, 0.1) is 0 Å². The zero-order chi connectivity index (χ0) is 12.8. The second kappa shape index (κ2) is 6.25. The zero-order valence-electron chi connectivity index (χ0n) is 10.9. The van der Waals surface area contributed by atoms with Gasteiger partial charge in [-0.3, -0.25) is 4.79 Å². The van der Waals surface area contributed by atoms with Crippen LogP contribution in [0.25, 0.3) is 0 Å². The van der Waals surface area contributed by atoms with Crippen molar-refractivity contribution in [2.24, 2.45) is 0 Å². The highest BCUT2D eigenvalue weighted by Crippen LogP contribution is 2.13. The summed E-state index contributed by atoms with van der Waals surface area (Å²) in [4.78, 5) is 13.5. The molecule has 1 atom stereocenters. The molecule has 0 radical (unpaired) electrons. The normalized spacial score (nSPS) is 12.0. The molecule has 0 aliphatic heterocycles. The first kappa shape index (κ1) is 13.5. The molecule has 1 aromatic carbocycles. The zero-order valence-corrected chi connectivity index (χ0v) is 10.9. The highest BCUT2D eigenvalue weighted by Gasteiger charge is 2.16. The average Bonchev–Trinajstić information content (AvgIpc) is 2.35. The summed E-state index contributed by atoms with van der Waals surface area (Å²) in [5.41, 5.74) is 2.26. The van der Waals surface area contributed by atoms with Crippen LogP contribution in [0.1, 0.15) is 5.56 Å². The number of likely N-dealkylation sites (N-methyl/N-ethyl adjacent to an activating group) is 1. The maximum atomic E-state index is 11.4. The molecular weight excluding hydrogens is 216 g/mol. The van der Waals surface area contributed by atoms with Crippen LogP contribution >= 0.6 is 0 Å². The molecule has 0 aromatic heterocycles. The smallest absolute Gasteiger partial charge is 0.323 e. The summed E-state index contributed by atoms with van der Waals surface area (Å²) >= 11 is 0. The van der Waals surface area contributed by atoms with Gasteiger partial charge in [0.25, 0.3) is 0 Å². The van der Waals surface area contributed by atoms with Gasteiger partial charge in [0.2, 0.25) is 0 Å². The summed E-state index contributed by atoms with van der Waals surface area (Å²) in [6.45, 7) is 0. The Balaban J connectivity index is 2.70. The van der Waals surface area contributed by atoms with E-state index in [-0.39, 0.29) is 12.0 Å². The SMILES string of the molecule is CNC(Cc1ccc(N(C)C)cc1)C(=O)OC. The van der Waals surface area contributed by atoms with E-state index in [1.54, 1.807) is 7.05 Å². The van der Waals surface area contributed by atoms with Crippen molar-refractivity contribution in [2.45, 2.75) is 12.5 Å². The van der Waals surface area contributed by atoms with Gasteiger partial charge in [-0.25, -0.2) is 0 Å². The van der Waals surface area contributed by atoms with E-state index in [4.69, 9.17) is 4.74 Å². The van der Waals surface area contributed by atoms with Gasteiger partial charge < -0.3 is 15.0 Å². The third kappa shape index (κ3) is 3.75. The number of ether oxygens (including phenoxy) is 1. The number of anilines is 1. The molecule has 0 saturated heterocycles. The summed E-state index contributed by atoms with van der Waals surface area (Å²) in [6.07, 6.45) is 0.636. The minimum Gasteiger partial charge on any atom is -0.468 e. The Morgan fingerprint density at radius 1 is 1.35 bits per heavy atom. The maximum absolute atomic E-state index is 11.4. The Labute approximate surface area is 103 Å². The van der Waals surface area contributed by atoms with Crippen molar-refractivity contribution in [3.63, 3.8) is 0 Å². The van der Waals surface area contributed by atoms with E-state index in [0.29, 0.717) is 6.42 Å². The van der Waals surface area contributed by atoms with Crippen molar-refractivity contribution in [1.82, 2.24) is 5.32 Å². The fourth-order valence-corrected chi connectivity index (χ4v) is 1.61. The standard InChI is InChI=1S/C13H20N2O2/c1-14-12(13(16)17-4)9-10-5-7-11(8-6-10)15(2)3/h5-8,12,14H,9H2,1-4H3. The van der Waals surface area contributed by atoms with Crippen molar-refractivity contribution < 1.29 is 9.53 Å². The third-order valence-corrected chi connectivity index (χ3v) is 2.73. The van der Waals surface area contributed by atoms with Crippen LogP contribution in [0.5, 0.6) is 0 Å².